The lowest BCUT2D eigenvalue weighted by Gasteiger charge is -2.08. The number of thiophene rings is 1. The fourth-order valence-electron chi connectivity index (χ4n) is 3.68. The number of rotatable bonds is 8. The Bertz CT molecular complexity index is 1280. The molecular formula is C24H25N3O2S2. The molecule has 0 bridgehead atoms. The molecule has 5 nitrogen and oxygen atoms in total. The number of amides is 1. The summed E-state index contributed by atoms with van der Waals surface area (Å²) in [7, 11) is 0. The Morgan fingerprint density at radius 2 is 1.94 bits per heavy atom. The van der Waals surface area contributed by atoms with Crippen molar-refractivity contribution in [3.8, 4) is 0 Å². The summed E-state index contributed by atoms with van der Waals surface area (Å²) in [6.07, 6.45) is 3.82. The van der Waals surface area contributed by atoms with Crippen LogP contribution < -0.4 is 10.9 Å². The van der Waals surface area contributed by atoms with E-state index in [4.69, 9.17) is 0 Å². The van der Waals surface area contributed by atoms with E-state index in [0.717, 1.165) is 32.3 Å². The van der Waals surface area contributed by atoms with Crippen LogP contribution in [-0.4, -0.2) is 28.5 Å². The van der Waals surface area contributed by atoms with Gasteiger partial charge in [0.25, 0.3) is 5.56 Å². The van der Waals surface area contributed by atoms with Crippen molar-refractivity contribution < 1.29 is 4.79 Å². The molecule has 2 aromatic heterocycles. The van der Waals surface area contributed by atoms with Crippen LogP contribution in [0.1, 0.15) is 24.1 Å². The molecule has 0 aliphatic heterocycles. The predicted octanol–water partition coefficient (Wildman–Crippen LogP) is 4.78. The maximum atomic E-state index is 13.0. The van der Waals surface area contributed by atoms with Crippen molar-refractivity contribution in [2.75, 3.05) is 12.8 Å². The molecule has 4 rings (SSSR count). The molecule has 31 heavy (non-hydrogen) atoms. The van der Waals surface area contributed by atoms with Crippen molar-refractivity contribution in [2.24, 2.45) is 0 Å². The standard InChI is InChI=1S/C24H25N3O2S2/c1-16-23-22(19-6-3-4-7-20(19)31-23)24(29)27(26-16)15-5-8-21(28)25-14-13-17-9-11-18(30-2)12-10-17/h3-4,6-7,9-12H,5,8,13-15H2,1-2H3,(H,25,28). The molecule has 160 valence electrons. The van der Waals surface area contributed by atoms with Gasteiger partial charge in [-0.05, 0) is 49.8 Å². The van der Waals surface area contributed by atoms with Gasteiger partial charge in [-0.2, -0.15) is 5.10 Å². The maximum Gasteiger partial charge on any atom is 0.276 e. The molecule has 1 amide bonds. The summed E-state index contributed by atoms with van der Waals surface area (Å²) in [5.74, 6) is 0.00701. The average Bonchev–Trinajstić information content (AvgIpc) is 3.18. The normalized spacial score (nSPS) is 11.3. The molecule has 0 unspecified atom stereocenters. The second-order valence-corrected chi connectivity index (χ2v) is 9.40. The first-order valence-electron chi connectivity index (χ1n) is 10.4. The van der Waals surface area contributed by atoms with Gasteiger partial charge in [-0.15, -0.1) is 23.1 Å². The number of carbonyl (C=O) groups is 1. The van der Waals surface area contributed by atoms with Crippen LogP contribution in [0, 0.1) is 6.92 Å². The molecule has 4 aromatic rings. The highest BCUT2D eigenvalue weighted by atomic mass is 32.2. The van der Waals surface area contributed by atoms with Crippen molar-refractivity contribution in [2.45, 2.75) is 37.6 Å². The van der Waals surface area contributed by atoms with E-state index in [9.17, 15) is 9.59 Å². The molecule has 0 spiro atoms. The predicted molar refractivity (Wildman–Crippen MR) is 130 cm³/mol. The molecule has 0 atom stereocenters. The largest absolute Gasteiger partial charge is 0.356 e. The number of aromatic nitrogens is 2. The number of aryl methyl sites for hydroxylation is 2. The molecule has 0 radical (unpaired) electrons. The van der Waals surface area contributed by atoms with Gasteiger partial charge in [0.2, 0.25) is 5.91 Å². The Morgan fingerprint density at radius 1 is 1.16 bits per heavy atom. The van der Waals surface area contributed by atoms with Gasteiger partial charge >= 0.3 is 0 Å². The zero-order valence-corrected chi connectivity index (χ0v) is 19.3. The number of fused-ring (bicyclic) bond motifs is 3. The minimum absolute atomic E-state index is 0.00701. The summed E-state index contributed by atoms with van der Waals surface area (Å²) >= 11 is 3.33. The van der Waals surface area contributed by atoms with Crippen molar-refractivity contribution in [1.82, 2.24) is 15.1 Å². The molecule has 1 N–H and O–H groups in total. The van der Waals surface area contributed by atoms with Gasteiger partial charge < -0.3 is 5.32 Å². The number of benzene rings is 2. The first kappa shape index (κ1) is 21.6. The second kappa shape index (κ2) is 9.66. The first-order valence-corrected chi connectivity index (χ1v) is 12.4. The van der Waals surface area contributed by atoms with Crippen LogP contribution in [0.15, 0.2) is 58.2 Å². The van der Waals surface area contributed by atoms with E-state index >= 15 is 0 Å². The average molecular weight is 452 g/mol. The van der Waals surface area contributed by atoms with E-state index in [0.29, 0.717) is 25.9 Å². The van der Waals surface area contributed by atoms with E-state index in [1.165, 1.54) is 15.1 Å². The zero-order chi connectivity index (χ0) is 21.8. The van der Waals surface area contributed by atoms with Crippen LogP contribution in [0.2, 0.25) is 0 Å². The van der Waals surface area contributed by atoms with Crippen LogP contribution in [0.4, 0.5) is 0 Å². The van der Waals surface area contributed by atoms with Gasteiger partial charge in [0, 0.05) is 34.5 Å². The third-order valence-electron chi connectivity index (χ3n) is 5.31. The Balaban J connectivity index is 1.33. The van der Waals surface area contributed by atoms with Crippen LogP contribution in [0.5, 0.6) is 0 Å². The second-order valence-electron chi connectivity index (χ2n) is 7.47. The molecule has 0 aliphatic carbocycles. The number of hydrogen-bond donors (Lipinski definition) is 1. The number of nitrogens with zero attached hydrogens (tertiary/aromatic N) is 2. The van der Waals surface area contributed by atoms with Crippen LogP contribution >= 0.6 is 23.1 Å². The Morgan fingerprint density at radius 3 is 2.71 bits per heavy atom. The number of nitrogens with one attached hydrogen (secondary N) is 1. The monoisotopic (exact) mass is 451 g/mol. The first-order chi connectivity index (χ1) is 15.1. The van der Waals surface area contributed by atoms with Gasteiger partial charge in [-0.25, -0.2) is 4.68 Å². The highest BCUT2D eigenvalue weighted by molar-refractivity contribution is 7.98. The zero-order valence-electron chi connectivity index (χ0n) is 17.7. The number of carbonyl (C=O) groups excluding carboxylic acids is 1. The summed E-state index contributed by atoms with van der Waals surface area (Å²) in [4.78, 5) is 26.4. The third kappa shape index (κ3) is 4.83. The van der Waals surface area contributed by atoms with Crippen molar-refractivity contribution in [3.05, 3.63) is 70.1 Å². The van der Waals surface area contributed by atoms with Gasteiger partial charge in [0.1, 0.15) is 0 Å². The molecule has 7 heteroatoms. The lowest BCUT2D eigenvalue weighted by molar-refractivity contribution is -0.121. The lowest BCUT2D eigenvalue weighted by Crippen LogP contribution is -2.27. The van der Waals surface area contributed by atoms with Gasteiger partial charge in [0.05, 0.1) is 15.8 Å². The third-order valence-corrected chi connectivity index (χ3v) is 7.33. The number of thioether (sulfide) groups is 1. The molecule has 0 saturated heterocycles. The fourth-order valence-corrected chi connectivity index (χ4v) is 5.22. The van der Waals surface area contributed by atoms with Crippen molar-refractivity contribution in [1.29, 1.82) is 0 Å². The van der Waals surface area contributed by atoms with Crippen LogP contribution in [0.3, 0.4) is 0 Å². The van der Waals surface area contributed by atoms with Crippen molar-refractivity contribution >= 4 is 49.2 Å². The highest BCUT2D eigenvalue weighted by Gasteiger charge is 2.14. The Hall–Kier alpha value is -2.64. The summed E-state index contributed by atoms with van der Waals surface area (Å²) in [6, 6.07) is 16.4. The summed E-state index contributed by atoms with van der Waals surface area (Å²) in [6.45, 7) is 2.98. The van der Waals surface area contributed by atoms with E-state index in [1.807, 2.05) is 31.2 Å². The topological polar surface area (TPSA) is 64.0 Å². The molecular weight excluding hydrogens is 426 g/mol. The van der Waals surface area contributed by atoms with Crippen LogP contribution in [-0.2, 0) is 17.8 Å². The molecule has 2 aromatic carbocycles. The highest BCUT2D eigenvalue weighted by Crippen LogP contribution is 2.32. The van der Waals surface area contributed by atoms with Gasteiger partial charge in [-0.3, -0.25) is 9.59 Å². The molecule has 0 aliphatic rings. The van der Waals surface area contributed by atoms with E-state index in [2.05, 4.69) is 40.9 Å². The quantitative estimate of drug-likeness (QED) is 0.392. The van der Waals surface area contributed by atoms with E-state index in [-0.39, 0.29) is 11.5 Å². The minimum Gasteiger partial charge on any atom is -0.356 e. The summed E-state index contributed by atoms with van der Waals surface area (Å²) in [5, 5.41) is 9.18. The smallest absolute Gasteiger partial charge is 0.276 e. The number of hydrogen-bond acceptors (Lipinski definition) is 5. The van der Waals surface area contributed by atoms with Gasteiger partial charge in [-0.1, -0.05) is 30.3 Å². The molecule has 2 heterocycles. The lowest BCUT2D eigenvalue weighted by atomic mass is 10.1. The Labute approximate surface area is 189 Å². The molecule has 0 fully saturated rings. The maximum absolute atomic E-state index is 13.0. The Kier molecular flexibility index (Phi) is 6.73. The SMILES string of the molecule is CSc1ccc(CCNC(=O)CCCn2nc(C)c3sc4ccccc4c3c2=O)cc1. The fraction of sp³-hybridized carbons (Fsp3) is 0.292. The summed E-state index contributed by atoms with van der Waals surface area (Å²) in [5.41, 5.74) is 1.99. The van der Waals surface area contributed by atoms with E-state index in [1.54, 1.807) is 23.1 Å². The molecule has 0 saturated carbocycles. The van der Waals surface area contributed by atoms with Gasteiger partial charge in [0.15, 0.2) is 0 Å². The minimum atomic E-state index is -0.0767. The van der Waals surface area contributed by atoms with E-state index < -0.39 is 0 Å². The van der Waals surface area contributed by atoms with Crippen LogP contribution in [0.25, 0.3) is 20.2 Å². The van der Waals surface area contributed by atoms with Crippen molar-refractivity contribution in [3.63, 3.8) is 0 Å². The summed E-state index contributed by atoms with van der Waals surface area (Å²) < 4.78 is 3.56.